The van der Waals surface area contributed by atoms with Gasteiger partial charge in [0.15, 0.2) is 0 Å². The van der Waals surface area contributed by atoms with Gasteiger partial charge in [-0.05, 0) is 11.8 Å². The minimum absolute atomic E-state index is 0.269. The highest BCUT2D eigenvalue weighted by Crippen LogP contribution is 2.40. The summed E-state index contributed by atoms with van der Waals surface area (Å²) in [5.41, 5.74) is 6.00. The van der Waals surface area contributed by atoms with Crippen LogP contribution >= 0.6 is 0 Å². The maximum absolute atomic E-state index is 5.68. The zero-order valence-corrected chi connectivity index (χ0v) is 6.35. The van der Waals surface area contributed by atoms with Gasteiger partial charge in [0.1, 0.15) is 0 Å². The van der Waals surface area contributed by atoms with E-state index in [1.165, 1.54) is 0 Å². The topological polar surface area (TPSA) is 35.2 Å². The molecule has 0 radical (unpaired) electrons. The number of ether oxygens (including phenoxy) is 1. The second-order valence-electron chi connectivity index (χ2n) is 3.51. The SMILES string of the molecule is COC1C(N)CC1(C)C. The van der Waals surface area contributed by atoms with Crippen LogP contribution in [-0.4, -0.2) is 19.3 Å². The quantitative estimate of drug-likeness (QED) is 0.567. The molecule has 0 aromatic carbocycles. The van der Waals surface area contributed by atoms with Crippen LogP contribution in [0.25, 0.3) is 0 Å². The highest BCUT2D eigenvalue weighted by Gasteiger charge is 2.45. The Labute approximate surface area is 56.4 Å². The number of hydrogen-bond acceptors (Lipinski definition) is 2. The van der Waals surface area contributed by atoms with Gasteiger partial charge in [-0.15, -0.1) is 0 Å². The maximum Gasteiger partial charge on any atom is 0.0773 e. The standard InChI is InChI=1S/C7H15NO/c1-7(2)4-5(8)6(7)9-3/h5-6H,4,8H2,1-3H3. The van der Waals surface area contributed by atoms with Crippen LogP contribution in [-0.2, 0) is 4.74 Å². The molecule has 0 bridgehead atoms. The Bertz CT molecular complexity index is 111. The molecule has 2 heteroatoms. The first-order chi connectivity index (χ1) is 4.08. The van der Waals surface area contributed by atoms with Crippen LogP contribution in [0.2, 0.25) is 0 Å². The van der Waals surface area contributed by atoms with E-state index in [-0.39, 0.29) is 12.1 Å². The summed E-state index contributed by atoms with van der Waals surface area (Å²) in [5, 5.41) is 0. The van der Waals surface area contributed by atoms with E-state index in [4.69, 9.17) is 10.5 Å². The molecule has 1 rings (SSSR count). The minimum atomic E-state index is 0.269. The van der Waals surface area contributed by atoms with Crippen molar-refractivity contribution in [1.29, 1.82) is 0 Å². The second kappa shape index (κ2) is 1.96. The predicted octanol–water partition coefficient (Wildman–Crippen LogP) is 0.759. The number of methoxy groups -OCH3 is 1. The summed E-state index contributed by atoms with van der Waals surface area (Å²) in [6, 6.07) is 0.269. The molecule has 9 heavy (non-hydrogen) atoms. The Morgan fingerprint density at radius 2 is 2.11 bits per heavy atom. The van der Waals surface area contributed by atoms with Crippen LogP contribution in [0, 0.1) is 5.41 Å². The molecule has 2 unspecified atom stereocenters. The lowest BCUT2D eigenvalue weighted by Gasteiger charge is -2.48. The number of rotatable bonds is 1. The van der Waals surface area contributed by atoms with Crippen LogP contribution in [0.3, 0.4) is 0 Å². The molecule has 1 saturated carbocycles. The molecule has 0 amide bonds. The van der Waals surface area contributed by atoms with Crippen molar-refractivity contribution in [3.63, 3.8) is 0 Å². The Kier molecular flexibility index (Phi) is 1.53. The summed E-state index contributed by atoms with van der Waals surface area (Å²) in [7, 11) is 1.73. The Hall–Kier alpha value is -0.0800. The van der Waals surface area contributed by atoms with Crippen molar-refractivity contribution in [3.05, 3.63) is 0 Å². The van der Waals surface area contributed by atoms with Crippen LogP contribution in [0.15, 0.2) is 0 Å². The summed E-state index contributed by atoms with van der Waals surface area (Å²) in [4.78, 5) is 0. The predicted molar refractivity (Wildman–Crippen MR) is 37.2 cm³/mol. The Morgan fingerprint density at radius 1 is 1.56 bits per heavy atom. The zero-order valence-electron chi connectivity index (χ0n) is 6.35. The first kappa shape index (κ1) is 7.03. The van der Waals surface area contributed by atoms with E-state index in [1.54, 1.807) is 7.11 Å². The molecule has 1 aliphatic rings. The third-order valence-electron chi connectivity index (χ3n) is 2.17. The third-order valence-corrected chi connectivity index (χ3v) is 2.17. The van der Waals surface area contributed by atoms with Gasteiger partial charge >= 0.3 is 0 Å². The molecule has 0 spiro atoms. The van der Waals surface area contributed by atoms with E-state index in [0.29, 0.717) is 5.41 Å². The average molecular weight is 129 g/mol. The monoisotopic (exact) mass is 129 g/mol. The van der Waals surface area contributed by atoms with Crippen molar-refractivity contribution in [3.8, 4) is 0 Å². The van der Waals surface area contributed by atoms with Gasteiger partial charge in [-0.3, -0.25) is 0 Å². The summed E-state index contributed by atoms with van der Waals surface area (Å²) < 4.78 is 5.19. The number of hydrogen-bond donors (Lipinski definition) is 1. The van der Waals surface area contributed by atoms with Gasteiger partial charge in [0.2, 0.25) is 0 Å². The van der Waals surface area contributed by atoms with E-state index in [9.17, 15) is 0 Å². The fraction of sp³-hybridized carbons (Fsp3) is 1.00. The molecule has 54 valence electrons. The van der Waals surface area contributed by atoms with Crippen LogP contribution in [0.1, 0.15) is 20.3 Å². The van der Waals surface area contributed by atoms with Gasteiger partial charge in [-0.25, -0.2) is 0 Å². The molecular formula is C7H15NO. The van der Waals surface area contributed by atoms with E-state index in [0.717, 1.165) is 6.42 Å². The summed E-state index contributed by atoms with van der Waals surface area (Å²) in [6.07, 6.45) is 1.36. The molecule has 2 N–H and O–H groups in total. The van der Waals surface area contributed by atoms with Crippen LogP contribution in [0.4, 0.5) is 0 Å². The van der Waals surface area contributed by atoms with E-state index in [2.05, 4.69) is 13.8 Å². The van der Waals surface area contributed by atoms with E-state index >= 15 is 0 Å². The first-order valence-corrected chi connectivity index (χ1v) is 3.36. The van der Waals surface area contributed by atoms with Gasteiger partial charge in [0.05, 0.1) is 6.10 Å². The molecule has 0 aromatic rings. The van der Waals surface area contributed by atoms with E-state index in [1.807, 2.05) is 0 Å². The van der Waals surface area contributed by atoms with Crippen LogP contribution in [0.5, 0.6) is 0 Å². The summed E-state index contributed by atoms with van der Waals surface area (Å²) in [6.45, 7) is 4.37. The molecule has 2 atom stereocenters. The van der Waals surface area contributed by atoms with Crippen LogP contribution < -0.4 is 5.73 Å². The van der Waals surface area contributed by atoms with Gasteiger partial charge in [-0.1, -0.05) is 13.8 Å². The number of nitrogens with two attached hydrogens (primary N) is 1. The first-order valence-electron chi connectivity index (χ1n) is 3.36. The lowest BCUT2D eigenvalue weighted by molar-refractivity contribution is -0.0868. The highest BCUT2D eigenvalue weighted by molar-refractivity contribution is 4.99. The molecule has 2 nitrogen and oxygen atoms in total. The second-order valence-corrected chi connectivity index (χ2v) is 3.51. The normalized spacial score (nSPS) is 40.0. The zero-order chi connectivity index (χ0) is 7.07. The average Bonchev–Trinajstić information content (AvgIpc) is 1.63. The molecular weight excluding hydrogens is 114 g/mol. The summed E-state index contributed by atoms with van der Waals surface area (Å²) >= 11 is 0. The maximum atomic E-state index is 5.68. The molecule has 1 fully saturated rings. The third kappa shape index (κ3) is 0.970. The lowest BCUT2D eigenvalue weighted by atomic mass is 9.66. The fourth-order valence-electron chi connectivity index (χ4n) is 1.74. The minimum Gasteiger partial charge on any atom is -0.379 e. The van der Waals surface area contributed by atoms with Gasteiger partial charge < -0.3 is 10.5 Å². The Morgan fingerprint density at radius 3 is 2.22 bits per heavy atom. The van der Waals surface area contributed by atoms with Gasteiger partial charge in [-0.2, -0.15) is 0 Å². The smallest absolute Gasteiger partial charge is 0.0773 e. The molecule has 0 heterocycles. The van der Waals surface area contributed by atoms with Crippen molar-refractivity contribution < 1.29 is 4.74 Å². The van der Waals surface area contributed by atoms with Gasteiger partial charge in [0.25, 0.3) is 0 Å². The summed E-state index contributed by atoms with van der Waals surface area (Å²) in [5.74, 6) is 0. The van der Waals surface area contributed by atoms with Crippen molar-refractivity contribution in [2.24, 2.45) is 11.1 Å². The molecule has 1 aliphatic carbocycles. The van der Waals surface area contributed by atoms with Crippen molar-refractivity contribution >= 4 is 0 Å². The largest absolute Gasteiger partial charge is 0.379 e. The molecule has 0 aromatic heterocycles. The van der Waals surface area contributed by atoms with E-state index < -0.39 is 0 Å². The van der Waals surface area contributed by atoms with Crippen molar-refractivity contribution in [1.82, 2.24) is 0 Å². The molecule has 0 aliphatic heterocycles. The fourth-order valence-corrected chi connectivity index (χ4v) is 1.74. The van der Waals surface area contributed by atoms with Crippen molar-refractivity contribution in [2.75, 3.05) is 7.11 Å². The Balaban J connectivity index is 2.48. The van der Waals surface area contributed by atoms with Gasteiger partial charge in [0, 0.05) is 13.2 Å². The van der Waals surface area contributed by atoms with Crippen molar-refractivity contribution in [2.45, 2.75) is 32.4 Å². The molecule has 0 saturated heterocycles. The lowest BCUT2D eigenvalue weighted by Crippen LogP contribution is -2.58. The highest BCUT2D eigenvalue weighted by atomic mass is 16.5.